The Balaban J connectivity index is 2.19. The highest BCUT2D eigenvalue weighted by Gasteiger charge is 2.48. The Morgan fingerprint density at radius 2 is 2.38 bits per heavy atom. The van der Waals surface area contributed by atoms with Gasteiger partial charge in [0.2, 0.25) is 0 Å². The maximum absolute atomic E-state index is 11.7. The van der Waals surface area contributed by atoms with Crippen molar-refractivity contribution >= 4 is 5.78 Å². The largest absolute Gasteiger partial charge is 0.386 e. The number of rotatable bonds is 2. The van der Waals surface area contributed by atoms with Gasteiger partial charge in [-0.05, 0) is 31.1 Å². The Morgan fingerprint density at radius 1 is 1.69 bits per heavy atom. The van der Waals surface area contributed by atoms with Crippen LogP contribution in [-0.2, 0) is 4.79 Å². The molecule has 72 valence electrons. The van der Waals surface area contributed by atoms with Crippen LogP contribution in [-0.4, -0.2) is 17.0 Å². The fourth-order valence-corrected chi connectivity index (χ4v) is 2.78. The van der Waals surface area contributed by atoms with Crippen LogP contribution < -0.4 is 0 Å². The van der Waals surface area contributed by atoms with Gasteiger partial charge in [-0.15, -0.1) is 0 Å². The first kappa shape index (κ1) is 8.95. The second kappa shape index (κ2) is 2.68. The lowest BCUT2D eigenvalue weighted by Gasteiger charge is -2.27. The van der Waals surface area contributed by atoms with Crippen molar-refractivity contribution in [3.63, 3.8) is 0 Å². The van der Waals surface area contributed by atoms with Crippen molar-refractivity contribution in [1.29, 1.82) is 0 Å². The molecule has 0 amide bonds. The lowest BCUT2D eigenvalue weighted by atomic mass is 9.76. The monoisotopic (exact) mass is 180 g/mol. The number of ketones is 1. The van der Waals surface area contributed by atoms with Gasteiger partial charge < -0.3 is 5.11 Å². The third kappa shape index (κ3) is 1.24. The van der Waals surface area contributed by atoms with Gasteiger partial charge in [0.1, 0.15) is 6.10 Å². The number of fused-ring (bicyclic) bond motifs is 2. The van der Waals surface area contributed by atoms with E-state index < -0.39 is 6.10 Å². The predicted molar refractivity (Wildman–Crippen MR) is 50.1 cm³/mol. The Labute approximate surface area is 78.6 Å². The molecule has 2 aliphatic carbocycles. The second-order valence-electron chi connectivity index (χ2n) is 4.70. The first-order chi connectivity index (χ1) is 6.03. The zero-order chi connectivity index (χ0) is 9.64. The third-order valence-electron chi connectivity index (χ3n) is 3.54. The summed E-state index contributed by atoms with van der Waals surface area (Å²) in [5.74, 6) is 0.662. The van der Waals surface area contributed by atoms with E-state index in [4.69, 9.17) is 0 Å². The molecule has 2 rings (SSSR count). The van der Waals surface area contributed by atoms with Crippen LogP contribution in [0.1, 0.15) is 26.7 Å². The summed E-state index contributed by atoms with van der Waals surface area (Å²) in [6.07, 6.45) is 5.61. The first-order valence-corrected chi connectivity index (χ1v) is 4.94. The Morgan fingerprint density at radius 3 is 2.77 bits per heavy atom. The number of carbonyl (C=O) groups is 1. The van der Waals surface area contributed by atoms with Crippen LogP contribution in [0.4, 0.5) is 0 Å². The standard InChI is InChI=1S/C11H16O2/c1-7(12)10(13)9-5-8-3-4-11(9,2)6-8/h3-4,7-9,12H,5-6H2,1-2H3/t7-,8-,9+,11+/m0/s1. The highest BCUT2D eigenvalue weighted by Crippen LogP contribution is 2.53. The summed E-state index contributed by atoms with van der Waals surface area (Å²) >= 11 is 0. The first-order valence-electron chi connectivity index (χ1n) is 4.94. The second-order valence-corrected chi connectivity index (χ2v) is 4.70. The van der Waals surface area contributed by atoms with E-state index in [-0.39, 0.29) is 17.1 Å². The van der Waals surface area contributed by atoms with Crippen molar-refractivity contribution in [3.05, 3.63) is 12.2 Å². The average Bonchev–Trinajstić information content (AvgIpc) is 2.57. The number of allylic oxidation sites excluding steroid dienone is 2. The number of aliphatic hydroxyl groups excluding tert-OH is 1. The molecule has 1 saturated carbocycles. The Hall–Kier alpha value is -0.630. The van der Waals surface area contributed by atoms with Gasteiger partial charge in [0, 0.05) is 5.92 Å². The quantitative estimate of drug-likeness (QED) is 0.654. The topological polar surface area (TPSA) is 37.3 Å². The molecular weight excluding hydrogens is 164 g/mol. The molecular formula is C11H16O2. The van der Waals surface area contributed by atoms with Gasteiger partial charge >= 0.3 is 0 Å². The maximum atomic E-state index is 11.7. The van der Waals surface area contributed by atoms with Crippen molar-refractivity contribution < 1.29 is 9.90 Å². The molecule has 0 spiro atoms. The number of Topliss-reactive ketones (excluding diaryl/α,β-unsaturated/α-hetero) is 1. The van der Waals surface area contributed by atoms with Crippen LogP contribution >= 0.6 is 0 Å². The molecule has 2 bridgehead atoms. The van der Waals surface area contributed by atoms with Gasteiger partial charge in [-0.2, -0.15) is 0 Å². The molecule has 4 atom stereocenters. The highest BCUT2D eigenvalue weighted by atomic mass is 16.3. The molecule has 1 N–H and O–H groups in total. The van der Waals surface area contributed by atoms with E-state index in [2.05, 4.69) is 19.1 Å². The molecule has 0 heterocycles. The lowest BCUT2D eigenvalue weighted by Crippen LogP contribution is -2.33. The van der Waals surface area contributed by atoms with Crippen LogP contribution in [0.25, 0.3) is 0 Å². The zero-order valence-corrected chi connectivity index (χ0v) is 8.16. The summed E-state index contributed by atoms with van der Waals surface area (Å²) in [6.45, 7) is 3.70. The average molecular weight is 180 g/mol. The molecule has 13 heavy (non-hydrogen) atoms. The summed E-state index contributed by atoms with van der Waals surface area (Å²) < 4.78 is 0. The maximum Gasteiger partial charge on any atom is 0.164 e. The molecule has 2 nitrogen and oxygen atoms in total. The van der Waals surface area contributed by atoms with Gasteiger partial charge in [-0.1, -0.05) is 19.1 Å². The number of carbonyl (C=O) groups excluding carboxylic acids is 1. The number of hydrogen-bond acceptors (Lipinski definition) is 2. The summed E-state index contributed by atoms with van der Waals surface area (Å²) in [5, 5.41) is 9.25. The van der Waals surface area contributed by atoms with Crippen LogP contribution in [0.5, 0.6) is 0 Å². The van der Waals surface area contributed by atoms with E-state index in [0.29, 0.717) is 5.92 Å². The summed E-state index contributed by atoms with van der Waals surface area (Å²) in [5.41, 5.74) is 0.0404. The minimum absolute atomic E-state index is 0.0225. The lowest BCUT2D eigenvalue weighted by molar-refractivity contribution is -0.132. The van der Waals surface area contributed by atoms with Gasteiger partial charge in [-0.3, -0.25) is 4.79 Å². The van der Waals surface area contributed by atoms with Crippen molar-refractivity contribution in [2.45, 2.75) is 32.8 Å². The molecule has 0 aromatic carbocycles. The van der Waals surface area contributed by atoms with E-state index in [9.17, 15) is 9.90 Å². The summed E-state index contributed by atoms with van der Waals surface area (Å²) in [4.78, 5) is 11.7. The van der Waals surface area contributed by atoms with E-state index in [0.717, 1.165) is 12.8 Å². The third-order valence-corrected chi connectivity index (χ3v) is 3.54. The van der Waals surface area contributed by atoms with E-state index in [1.54, 1.807) is 6.92 Å². The fraction of sp³-hybridized carbons (Fsp3) is 0.727. The molecule has 0 aromatic rings. The van der Waals surface area contributed by atoms with Crippen LogP contribution in [0.2, 0.25) is 0 Å². The molecule has 1 fully saturated rings. The van der Waals surface area contributed by atoms with E-state index >= 15 is 0 Å². The van der Waals surface area contributed by atoms with Crippen LogP contribution in [0.15, 0.2) is 12.2 Å². The molecule has 0 aromatic heterocycles. The zero-order valence-electron chi connectivity index (χ0n) is 8.16. The summed E-state index contributed by atoms with van der Waals surface area (Å²) in [7, 11) is 0. The highest BCUT2D eigenvalue weighted by molar-refractivity contribution is 5.86. The van der Waals surface area contributed by atoms with Gasteiger partial charge in [0.05, 0.1) is 0 Å². The predicted octanol–water partition coefficient (Wildman–Crippen LogP) is 1.54. The van der Waals surface area contributed by atoms with E-state index in [1.165, 1.54) is 0 Å². The molecule has 0 unspecified atom stereocenters. The molecule has 0 radical (unpaired) electrons. The molecule has 2 heteroatoms. The normalized spacial score (nSPS) is 43.9. The SMILES string of the molecule is C[C@H](O)C(=O)[C@H]1C[C@@H]2C=C[C@]1(C)C2. The smallest absolute Gasteiger partial charge is 0.164 e. The Bertz CT molecular complexity index is 267. The van der Waals surface area contributed by atoms with E-state index in [1.807, 2.05) is 0 Å². The van der Waals surface area contributed by atoms with Crippen molar-refractivity contribution in [3.8, 4) is 0 Å². The van der Waals surface area contributed by atoms with Gasteiger partial charge in [0.15, 0.2) is 5.78 Å². The Kier molecular flexibility index (Phi) is 1.84. The number of hydrogen-bond donors (Lipinski definition) is 1. The number of aliphatic hydroxyl groups is 1. The molecule has 2 aliphatic rings. The minimum atomic E-state index is -0.797. The van der Waals surface area contributed by atoms with Crippen molar-refractivity contribution in [1.82, 2.24) is 0 Å². The van der Waals surface area contributed by atoms with Gasteiger partial charge in [-0.25, -0.2) is 0 Å². The minimum Gasteiger partial charge on any atom is -0.386 e. The molecule has 0 saturated heterocycles. The van der Waals surface area contributed by atoms with Crippen molar-refractivity contribution in [2.24, 2.45) is 17.3 Å². The van der Waals surface area contributed by atoms with Crippen molar-refractivity contribution in [2.75, 3.05) is 0 Å². The van der Waals surface area contributed by atoms with Crippen LogP contribution in [0.3, 0.4) is 0 Å². The van der Waals surface area contributed by atoms with Crippen LogP contribution in [0, 0.1) is 17.3 Å². The molecule has 0 aliphatic heterocycles. The van der Waals surface area contributed by atoms with Gasteiger partial charge in [0.25, 0.3) is 0 Å². The fourth-order valence-electron chi connectivity index (χ4n) is 2.78. The summed E-state index contributed by atoms with van der Waals surface area (Å²) in [6, 6.07) is 0.